The van der Waals surface area contributed by atoms with E-state index in [0.717, 1.165) is 4.90 Å². The zero-order valence-electron chi connectivity index (χ0n) is 20.8. The maximum atomic E-state index is 15.1. The van der Waals surface area contributed by atoms with Crippen molar-refractivity contribution in [3.63, 3.8) is 0 Å². The van der Waals surface area contributed by atoms with Crippen LogP contribution in [0.15, 0.2) is 42.5 Å². The van der Waals surface area contributed by atoms with Gasteiger partial charge in [0.1, 0.15) is 11.9 Å². The molecule has 2 atom stereocenters. The van der Waals surface area contributed by atoms with Crippen molar-refractivity contribution >= 4 is 29.3 Å². The molecule has 1 saturated heterocycles. The number of aliphatic hydroxyl groups excluding tert-OH is 1. The van der Waals surface area contributed by atoms with Gasteiger partial charge in [-0.15, -0.1) is 0 Å². The lowest BCUT2D eigenvalue weighted by atomic mass is 10.1. The fourth-order valence-corrected chi connectivity index (χ4v) is 4.53. The van der Waals surface area contributed by atoms with Crippen molar-refractivity contribution in [2.24, 2.45) is 0 Å². The number of carbonyl (C=O) groups excluding carboxylic acids is 3. The van der Waals surface area contributed by atoms with E-state index < -0.39 is 36.1 Å². The Morgan fingerprint density at radius 3 is 2.59 bits per heavy atom. The maximum absolute atomic E-state index is 15.1. The first-order chi connectivity index (χ1) is 17.8. The van der Waals surface area contributed by atoms with Crippen LogP contribution in [0.1, 0.15) is 36.0 Å². The number of fused-ring (bicyclic) bond motifs is 1. The Labute approximate surface area is 214 Å². The number of nitrogens with zero attached hydrogens (tertiary/aromatic N) is 3. The predicted molar refractivity (Wildman–Crippen MR) is 132 cm³/mol. The van der Waals surface area contributed by atoms with E-state index >= 15 is 4.39 Å². The van der Waals surface area contributed by atoms with Gasteiger partial charge >= 0.3 is 12.1 Å². The number of hydrogen-bond donors (Lipinski definition) is 1. The molecule has 2 amide bonds. The largest absolute Gasteiger partial charge is 0.459 e. The monoisotopic (exact) mass is 515 g/mol. The molecule has 0 spiro atoms. The van der Waals surface area contributed by atoms with Gasteiger partial charge in [-0.05, 0) is 31.2 Å². The van der Waals surface area contributed by atoms with Gasteiger partial charge in [-0.1, -0.05) is 18.2 Å². The average Bonchev–Trinajstić information content (AvgIpc) is 3.12. The normalized spacial score (nSPS) is 17.8. The highest BCUT2D eigenvalue weighted by molar-refractivity contribution is 5.99. The topological polar surface area (TPSA) is 109 Å². The molecule has 2 aromatic carbocycles. The highest BCUT2D eigenvalue weighted by Crippen LogP contribution is 2.32. The molecule has 11 heteroatoms. The van der Waals surface area contributed by atoms with Crippen LogP contribution >= 0.6 is 0 Å². The minimum atomic E-state index is -1.23. The molecule has 0 aliphatic carbocycles. The predicted octanol–water partition coefficient (Wildman–Crippen LogP) is 2.70. The SMILES string of the molecule is CCOC(=O)N(CC(CN1C(=O)c2ccccc2C1O)OC(C)=O)c1ccc(N2CCOCC2)c(F)c1. The molecule has 0 aromatic heterocycles. The van der Waals surface area contributed by atoms with Gasteiger partial charge < -0.3 is 29.1 Å². The smallest absolute Gasteiger partial charge is 0.414 e. The molecular weight excluding hydrogens is 485 g/mol. The minimum absolute atomic E-state index is 0.0700. The van der Waals surface area contributed by atoms with Crippen molar-refractivity contribution in [1.29, 1.82) is 0 Å². The Balaban J connectivity index is 1.58. The molecule has 0 bridgehead atoms. The van der Waals surface area contributed by atoms with Crippen LogP contribution in [0.25, 0.3) is 0 Å². The summed E-state index contributed by atoms with van der Waals surface area (Å²) in [5.74, 6) is -1.59. The third-order valence-corrected chi connectivity index (χ3v) is 6.23. The first-order valence-electron chi connectivity index (χ1n) is 12.1. The molecule has 198 valence electrons. The van der Waals surface area contributed by atoms with E-state index in [1.807, 2.05) is 4.90 Å². The highest BCUT2D eigenvalue weighted by Gasteiger charge is 2.38. The summed E-state index contributed by atoms with van der Waals surface area (Å²) in [5, 5.41) is 10.7. The number of ether oxygens (including phenoxy) is 3. The standard InChI is InChI=1S/C26H30FN3O7/c1-3-36-26(34)29(18-8-9-23(22(27)14-18)28-10-12-35-13-11-28)15-19(37-17(2)31)16-30-24(32)20-6-4-5-7-21(20)25(30)33/h4-9,14,19,24,32H,3,10-13,15-16H2,1-2H3. The molecule has 2 aliphatic heterocycles. The molecule has 4 rings (SSSR count). The molecule has 0 saturated carbocycles. The van der Waals surface area contributed by atoms with Gasteiger partial charge in [0.05, 0.1) is 44.3 Å². The molecule has 1 fully saturated rings. The third-order valence-electron chi connectivity index (χ3n) is 6.23. The number of aliphatic hydroxyl groups is 1. The van der Waals surface area contributed by atoms with Crippen molar-refractivity contribution in [2.75, 3.05) is 55.8 Å². The Hall–Kier alpha value is -3.70. The molecule has 10 nitrogen and oxygen atoms in total. The van der Waals surface area contributed by atoms with Crippen LogP contribution in [-0.2, 0) is 19.0 Å². The first kappa shape index (κ1) is 26.4. The maximum Gasteiger partial charge on any atom is 0.414 e. The number of morpholine rings is 1. The summed E-state index contributed by atoms with van der Waals surface area (Å²) in [6, 6.07) is 11.0. The van der Waals surface area contributed by atoms with E-state index in [4.69, 9.17) is 14.2 Å². The number of rotatable bonds is 8. The molecule has 2 unspecified atom stereocenters. The molecule has 2 aliphatic rings. The summed E-state index contributed by atoms with van der Waals surface area (Å²) < 4.78 is 31.1. The van der Waals surface area contributed by atoms with Crippen molar-refractivity contribution in [2.45, 2.75) is 26.2 Å². The summed E-state index contributed by atoms with van der Waals surface area (Å²) in [7, 11) is 0. The Kier molecular flexibility index (Phi) is 8.24. The van der Waals surface area contributed by atoms with Crippen LogP contribution in [0, 0.1) is 5.82 Å². The summed E-state index contributed by atoms with van der Waals surface area (Å²) >= 11 is 0. The number of benzene rings is 2. The van der Waals surface area contributed by atoms with Crippen molar-refractivity contribution < 1.29 is 38.1 Å². The van der Waals surface area contributed by atoms with Crippen LogP contribution in [0.3, 0.4) is 0 Å². The quantitative estimate of drug-likeness (QED) is 0.535. The molecule has 37 heavy (non-hydrogen) atoms. The summed E-state index contributed by atoms with van der Waals surface area (Å²) in [6.45, 7) is 4.55. The number of carbonyl (C=O) groups is 3. The van der Waals surface area contributed by atoms with Crippen LogP contribution < -0.4 is 9.80 Å². The van der Waals surface area contributed by atoms with Gasteiger partial charge in [0.15, 0.2) is 6.23 Å². The number of esters is 1. The van der Waals surface area contributed by atoms with Gasteiger partial charge in [0, 0.05) is 31.1 Å². The highest BCUT2D eigenvalue weighted by atomic mass is 19.1. The molecule has 2 aromatic rings. The van der Waals surface area contributed by atoms with E-state index in [1.165, 1.54) is 17.9 Å². The van der Waals surface area contributed by atoms with Gasteiger partial charge in [0.25, 0.3) is 5.91 Å². The van der Waals surface area contributed by atoms with Crippen molar-refractivity contribution in [3.8, 4) is 0 Å². The van der Waals surface area contributed by atoms with E-state index in [9.17, 15) is 19.5 Å². The first-order valence-corrected chi connectivity index (χ1v) is 12.1. The van der Waals surface area contributed by atoms with Gasteiger partial charge in [-0.25, -0.2) is 9.18 Å². The second-order valence-corrected chi connectivity index (χ2v) is 8.69. The second-order valence-electron chi connectivity index (χ2n) is 8.69. The summed E-state index contributed by atoms with van der Waals surface area (Å²) in [5.41, 5.74) is 1.37. The molecule has 1 N–H and O–H groups in total. The lowest BCUT2D eigenvalue weighted by Gasteiger charge is -2.32. The van der Waals surface area contributed by atoms with Crippen molar-refractivity contribution in [1.82, 2.24) is 4.90 Å². The number of halogens is 1. The fraction of sp³-hybridized carbons (Fsp3) is 0.423. The van der Waals surface area contributed by atoms with Crippen molar-refractivity contribution in [3.05, 3.63) is 59.4 Å². The van der Waals surface area contributed by atoms with Crippen LogP contribution in [0.5, 0.6) is 0 Å². The zero-order chi connectivity index (χ0) is 26.5. The number of amides is 2. The van der Waals surface area contributed by atoms with E-state index in [-0.39, 0.29) is 25.4 Å². The van der Waals surface area contributed by atoms with Crippen LogP contribution in [-0.4, -0.2) is 80.1 Å². The van der Waals surface area contributed by atoms with E-state index in [2.05, 4.69) is 0 Å². The lowest BCUT2D eigenvalue weighted by Crippen LogP contribution is -2.46. The summed E-state index contributed by atoms with van der Waals surface area (Å²) in [6.07, 6.45) is -3.03. The number of hydrogen-bond acceptors (Lipinski definition) is 8. The summed E-state index contributed by atoms with van der Waals surface area (Å²) in [4.78, 5) is 41.9. The Bertz CT molecular complexity index is 1150. The van der Waals surface area contributed by atoms with E-state index in [1.54, 1.807) is 43.3 Å². The lowest BCUT2D eigenvalue weighted by molar-refractivity contribution is -0.147. The Morgan fingerprint density at radius 1 is 1.22 bits per heavy atom. The Morgan fingerprint density at radius 2 is 1.95 bits per heavy atom. The molecular formula is C26H30FN3O7. The molecule has 2 heterocycles. The zero-order valence-corrected chi connectivity index (χ0v) is 20.8. The fourth-order valence-electron chi connectivity index (χ4n) is 4.53. The third kappa shape index (κ3) is 5.83. The van der Waals surface area contributed by atoms with Gasteiger partial charge in [0.2, 0.25) is 0 Å². The van der Waals surface area contributed by atoms with Crippen LogP contribution in [0.2, 0.25) is 0 Å². The van der Waals surface area contributed by atoms with E-state index in [0.29, 0.717) is 43.1 Å². The number of anilines is 2. The minimum Gasteiger partial charge on any atom is -0.459 e. The molecule has 0 radical (unpaired) electrons. The van der Waals surface area contributed by atoms with Gasteiger partial charge in [-0.3, -0.25) is 14.5 Å². The second kappa shape index (κ2) is 11.6. The average molecular weight is 516 g/mol. The van der Waals surface area contributed by atoms with Gasteiger partial charge in [-0.2, -0.15) is 0 Å². The van der Waals surface area contributed by atoms with Crippen LogP contribution in [0.4, 0.5) is 20.6 Å².